The minimum absolute atomic E-state index is 0.287. The van der Waals surface area contributed by atoms with Crippen LogP contribution in [0.25, 0.3) is 0 Å². The fourth-order valence-corrected chi connectivity index (χ4v) is 1.84. The third-order valence-electron chi connectivity index (χ3n) is 2.95. The van der Waals surface area contributed by atoms with Crippen molar-refractivity contribution >= 4 is 11.6 Å². The van der Waals surface area contributed by atoms with Crippen LogP contribution in [0.15, 0.2) is 30.5 Å². The largest absolute Gasteiger partial charge is 0.316 e. The number of hydrogen-bond donors (Lipinski definition) is 1. The second-order valence-corrected chi connectivity index (χ2v) is 4.32. The molecule has 0 saturated carbocycles. The van der Waals surface area contributed by atoms with E-state index in [0.29, 0.717) is 11.6 Å². The number of benzene rings is 1. The fraction of sp³-hybridized carbons (Fsp3) is 0.286. The SMILES string of the molecule is CNCc1cnc(N(C)c2ccccc2F)nc1C. The summed E-state index contributed by atoms with van der Waals surface area (Å²) in [7, 11) is 3.63. The van der Waals surface area contributed by atoms with Crippen molar-refractivity contribution in [3.63, 3.8) is 0 Å². The van der Waals surface area contributed by atoms with Gasteiger partial charge in [-0.2, -0.15) is 0 Å². The molecule has 0 unspecified atom stereocenters. The van der Waals surface area contributed by atoms with Gasteiger partial charge in [-0.25, -0.2) is 14.4 Å². The topological polar surface area (TPSA) is 41.1 Å². The van der Waals surface area contributed by atoms with Gasteiger partial charge < -0.3 is 10.2 Å². The van der Waals surface area contributed by atoms with Gasteiger partial charge in [0, 0.05) is 31.0 Å². The summed E-state index contributed by atoms with van der Waals surface area (Å²) in [5.41, 5.74) is 2.39. The Balaban J connectivity index is 2.32. The Morgan fingerprint density at radius 2 is 2.05 bits per heavy atom. The highest BCUT2D eigenvalue weighted by molar-refractivity contribution is 5.57. The van der Waals surface area contributed by atoms with Gasteiger partial charge in [-0.1, -0.05) is 12.1 Å². The Kier molecular flexibility index (Phi) is 4.06. The molecule has 2 rings (SSSR count). The van der Waals surface area contributed by atoms with Crippen LogP contribution in [0.2, 0.25) is 0 Å². The maximum Gasteiger partial charge on any atom is 0.229 e. The van der Waals surface area contributed by atoms with Crippen molar-refractivity contribution in [3.8, 4) is 0 Å². The van der Waals surface area contributed by atoms with Gasteiger partial charge in [0.2, 0.25) is 5.95 Å². The quantitative estimate of drug-likeness (QED) is 0.916. The molecule has 19 heavy (non-hydrogen) atoms. The zero-order valence-electron chi connectivity index (χ0n) is 11.3. The molecule has 0 atom stereocenters. The molecule has 0 aliphatic rings. The summed E-state index contributed by atoms with van der Waals surface area (Å²) in [6.07, 6.45) is 1.77. The fourth-order valence-electron chi connectivity index (χ4n) is 1.84. The molecule has 0 aliphatic heterocycles. The molecule has 0 bridgehead atoms. The van der Waals surface area contributed by atoms with Crippen molar-refractivity contribution in [2.24, 2.45) is 0 Å². The molecule has 1 N–H and O–H groups in total. The van der Waals surface area contributed by atoms with Crippen LogP contribution in [-0.4, -0.2) is 24.1 Å². The number of aryl methyl sites for hydroxylation is 1. The molecule has 1 heterocycles. The summed E-state index contributed by atoms with van der Waals surface area (Å²) in [4.78, 5) is 10.3. The molecular weight excluding hydrogens is 243 g/mol. The van der Waals surface area contributed by atoms with Gasteiger partial charge in [0.05, 0.1) is 5.69 Å². The average Bonchev–Trinajstić information content (AvgIpc) is 2.41. The van der Waals surface area contributed by atoms with Crippen LogP contribution < -0.4 is 10.2 Å². The number of anilines is 2. The summed E-state index contributed by atoms with van der Waals surface area (Å²) in [6.45, 7) is 2.64. The molecule has 0 fully saturated rings. The summed E-state index contributed by atoms with van der Waals surface area (Å²) in [5.74, 6) is 0.202. The number of para-hydroxylation sites is 1. The maximum atomic E-state index is 13.7. The standard InChI is InChI=1S/C14H17FN4/c1-10-11(8-16-2)9-17-14(18-10)19(3)13-7-5-4-6-12(13)15/h4-7,9,16H,8H2,1-3H3. The smallest absolute Gasteiger partial charge is 0.229 e. The molecule has 0 radical (unpaired) electrons. The lowest BCUT2D eigenvalue weighted by Gasteiger charge is -2.18. The molecule has 2 aromatic rings. The van der Waals surface area contributed by atoms with Crippen LogP contribution in [-0.2, 0) is 6.54 Å². The van der Waals surface area contributed by atoms with Gasteiger partial charge >= 0.3 is 0 Å². The molecule has 5 heteroatoms. The first-order chi connectivity index (χ1) is 9.13. The molecule has 0 spiro atoms. The van der Waals surface area contributed by atoms with E-state index in [4.69, 9.17) is 0 Å². The molecule has 1 aromatic heterocycles. The molecule has 0 amide bonds. The summed E-state index contributed by atoms with van der Waals surface area (Å²) in [5, 5.41) is 3.06. The Labute approximate surface area is 112 Å². The van der Waals surface area contributed by atoms with Crippen molar-refractivity contribution in [1.29, 1.82) is 0 Å². The minimum Gasteiger partial charge on any atom is -0.316 e. The van der Waals surface area contributed by atoms with E-state index in [1.165, 1.54) is 6.07 Å². The van der Waals surface area contributed by atoms with Gasteiger partial charge in [-0.3, -0.25) is 0 Å². The monoisotopic (exact) mass is 260 g/mol. The lowest BCUT2D eigenvalue weighted by atomic mass is 10.2. The normalized spacial score (nSPS) is 10.5. The number of nitrogens with one attached hydrogen (secondary N) is 1. The minimum atomic E-state index is -0.287. The van der Waals surface area contributed by atoms with Crippen LogP contribution in [0.5, 0.6) is 0 Å². The van der Waals surface area contributed by atoms with Crippen LogP contribution in [0.4, 0.5) is 16.0 Å². The number of halogens is 1. The average molecular weight is 260 g/mol. The predicted octanol–water partition coefficient (Wildman–Crippen LogP) is 2.41. The van der Waals surface area contributed by atoms with Crippen LogP contribution in [0, 0.1) is 12.7 Å². The molecular formula is C14H17FN4. The van der Waals surface area contributed by atoms with Gasteiger partial charge in [0.15, 0.2) is 0 Å². The van der Waals surface area contributed by atoms with Gasteiger partial charge in [-0.05, 0) is 26.1 Å². The zero-order valence-corrected chi connectivity index (χ0v) is 11.3. The second kappa shape index (κ2) is 5.75. The Hall–Kier alpha value is -2.01. The molecule has 0 aliphatic carbocycles. The van der Waals surface area contributed by atoms with Gasteiger partial charge in [0.1, 0.15) is 5.82 Å². The third-order valence-corrected chi connectivity index (χ3v) is 2.95. The summed E-state index contributed by atoms with van der Waals surface area (Å²) in [6, 6.07) is 6.58. The van der Waals surface area contributed by atoms with Gasteiger partial charge in [-0.15, -0.1) is 0 Å². The highest BCUT2D eigenvalue weighted by atomic mass is 19.1. The van der Waals surface area contributed by atoms with Crippen molar-refractivity contribution < 1.29 is 4.39 Å². The Bertz CT molecular complexity index is 571. The van der Waals surface area contributed by atoms with E-state index in [0.717, 1.165) is 17.8 Å². The highest BCUT2D eigenvalue weighted by Crippen LogP contribution is 2.23. The number of nitrogens with zero attached hydrogens (tertiary/aromatic N) is 3. The van der Waals surface area contributed by atoms with Crippen molar-refractivity contribution in [1.82, 2.24) is 15.3 Å². The van der Waals surface area contributed by atoms with Crippen LogP contribution in [0.1, 0.15) is 11.3 Å². The number of rotatable bonds is 4. The first-order valence-electron chi connectivity index (χ1n) is 6.09. The van der Waals surface area contributed by atoms with E-state index in [-0.39, 0.29) is 5.82 Å². The Morgan fingerprint density at radius 1 is 1.32 bits per heavy atom. The van der Waals surface area contributed by atoms with E-state index < -0.39 is 0 Å². The number of aromatic nitrogens is 2. The summed E-state index contributed by atoms with van der Waals surface area (Å²) >= 11 is 0. The van der Waals surface area contributed by atoms with Crippen molar-refractivity contribution in [2.45, 2.75) is 13.5 Å². The molecule has 1 aromatic carbocycles. The maximum absolute atomic E-state index is 13.7. The summed E-state index contributed by atoms with van der Waals surface area (Å²) < 4.78 is 13.7. The molecule has 0 saturated heterocycles. The van der Waals surface area contributed by atoms with E-state index in [1.807, 2.05) is 14.0 Å². The number of hydrogen-bond acceptors (Lipinski definition) is 4. The second-order valence-electron chi connectivity index (χ2n) is 4.32. The van der Waals surface area contributed by atoms with Crippen LogP contribution in [0.3, 0.4) is 0 Å². The van der Waals surface area contributed by atoms with Gasteiger partial charge in [0.25, 0.3) is 0 Å². The first kappa shape index (κ1) is 13.4. The highest BCUT2D eigenvalue weighted by Gasteiger charge is 2.12. The lowest BCUT2D eigenvalue weighted by molar-refractivity contribution is 0.626. The van der Waals surface area contributed by atoms with E-state index in [1.54, 1.807) is 36.3 Å². The zero-order chi connectivity index (χ0) is 13.8. The first-order valence-corrected chi connectivity index (χ1v) is 6.09. The van der Waals surface area contributed by atoms with Crippen molar-refractivity contribution in [2.75, 3.05) is 19.0 Å². The van der Waals surface area contributed by atoms with E-state index in [2.05, 4.69) is 15.3 Å². The van der Waals surface area contributed by atoms with E-state index >= 15 is 0 Å². The molecule has 4 nitrogen and oxygen atoms in total. The van der Waals surface area contributed by atoms with Crippen molar-refractivity contribution in [3.05, 3.63) is 47.5 Å². The lowest BCUT2D eigenvalue weighted by Crippen LogP contribution is -2.16. The third kappa shape index (κ3) is 2.88. The Morgan fingerprint density at radius 3 is 2.68 bits per heavy atom. The molecule has 100 valence electrons. The predicted molar refractivity (Wildman–Crippen MR) is 74.0 cm³/mol. The van der Waals surface area contributed by atoms with E-state index in [9.17, 15) is 4.39 Å². The van der Waals surface area contributed by atoms with Crippen LogP contribution >= 0.6 is 0 Å².